The molecule has 0 spiro atoms. The highest BCUT2D eigenvalue weighted by molar-refractivity contribution is 5.39. The molecule has 1 atom stereocenters. The number of hydrogen-bond acceptors (Lipinski definition) is 4. The molecule has 0 bridgehead atoms. The largest absolute Gasteiger partial charge is 0.367 e. The van der Waals surface area contributed by atoms with Crippen LogP contribution in [0.5, 0.6) is 0 Å². The summed E-state index contributed by atoms with van der Waals surface area (Å²) >= 11 is 0. The van der Waals surface area contributed by atoms with Gasteiger partial charge in [0.05, 0.1) is 0 Å². The van der Waals surface area contributed by atoms with Crippen molar-refractivity contribution < 1.29 is 0 Å². The fourth-order valence-electron chi connectivity index (χ4n) is 0.852. The Morgan fingerprint density at radius 1 is 1.62 bits per heavy atom. The molecular formula is C9H12N4. The molecule has 1 heterocycles. The maximum absolute atomic E-state index is 8.59. The normalized spacial score (nSPS) is 11.8. The van der Waals surface area contributed by atoms with E-state index in [-0.39, 0.29) is 0 Å². The SMILES string of the molecule is CCC(C)Nc1cc(C#N)ncn1. The molecule has 0 aliphatic carbocycles. The predicted molar refractivity (Wildman–Crippen MR) is 50.1 cm³/mol. The lowest BCUT2D eigenvalue weighted by Gasteiger charge is -2.10. The molecule has 0 aliphatic rings. The number of nitrogens with one attached hydrogen (secondary N) is 1. The highest BCUT2D eigenvalue weighted by atomic mass is 15.0. The summed E-state index contributed by atoms with van der Waals surface area (Å²) in [6.45, 7) is 4.15. The van der Waals surface area contributed by atoms with Crippen LogP contribution in [0, 0.1) is 11.3 Å². The topological polar surface area (TPSA) is 61.6 Å². The zero-order valence-electron chi connectivity index (χ0n) is 7.78. The minimum atomic E-state index is 0.362. The Morgan fingerprint density at radius 3 is 3.00 bits per heavy atom. The average Bonchev–Trinajstić information content (AvgIpc) is 2.18. The fourth-order valence-corrected chi connectivity index (χ4v) is 0.852. The number of nitriles is 1. The van der Waals surface area contributed by atoms with E-state index >= 15 is 0 Å². The van der Waals surface area contributed by atoms with Gasteiger partial charge in [0.15, 0.2) is 0 Å². The van der Waals surface area contributed by atoms with Crippen LogP contribution < -0.4 is 5.32 Å². The second-order valence-electron chi connectivity index (χ2n) is 2.85. The first kappa shape index (κ1) is 9.46. The van der Waals surface area contributed by atoms with Crippen molar-refractivity contribution in [2.24, 2.45) is 0 Å². The molecule has 0 radical (unpaired) electrons. The molecule has 0 aromatic carbocycles. The zero-order chi connectivity index (χ0) is 9.68. The molecule has 0 amide bonds. The molecule has 68 valence electrons. The Labute approximate surface area is 77.6 Å². The molecule has 4 nitrogen and oxygen atoms in total. The quantitative estimate of drug-likeness (QED) is 0.759. The molecule has 1 rings (SSSR count). The summed E-state index contributed by atoms with van der Waals surface area (Å²) in [5, 5.41) is 11.7. The standard InChI is InChI=1S/C9H12N4/c1-3-7(2)13-9-4-8(5-10)11-6-12-9/h4,6-7H,3H2,1-2H3,(H,11,12,13). The maximum Gasteiger partial charge on any atom is 0.145 e. The number of hydrogen-bond donors (Lipinski definition) is 1. The monoisotopic (exact) mass is 176 g/mol. The van der Waals surface area contributed by atoms with Crippen LogP contribution in [0.25, 0.3) is 0 Å². The summed E-state index contributed by atoms with van der Waals surface area (Å²) < 4.78 is 0. The van der Waals surface area contributed by atoms with Gasteiger partial charge in [0.1, 0.15) is 23.9 Å². The molecule has 0 saturated heterocycles. The van der Waals surface area contributed by atoms with Crippen LogP contribution in [0.3, 0.4) is 0 Å². The van der Waals surface area contributed by atoms with Gasteiger partial charge in [-0.15, -0.1) is 0 Å². The van der Waals surface area contributed by atoms with Gasteiger partial charge in [0, 0.05) is 12.1 Å². The maximum atomic E-state index is 8.59. The van der Waals surface area contributed by atoms with Gasteiger partial charge in [-0.3, -0.25) is 0 Å². The molecule has 0 aliphatic heterocycles. The second-order valence-corrected chi connectivity index (χ2v) is 2.85. The van der Waals surface area contributed by atoms with Crippen LogP contribution in [0.1, 0.15) is 26.0 Å². The molecule has 1 unspecified atom stereocenters. The van der Waals surface area contributed by atoms with Gasteiger partial charge in [-0.25, -0.2) is 9.97 Å². The van der Waals surface area contributed by atoms with Crippen molar-refractivity contribution in [3.8, 4) is 6.07 Å². The summed E-state index contributed by atoms with van der Waals surface area (Å²) in [6.07, 6.45) is 2.41. The van der Waals surface area contributed by atoms with Gasteiger partial charge < -0.3 is 5.32 Å². The van der Waals surface area contributed by atoms with Crippen molar-refractivity contribution in [1.82, 2.24) is 9.97 Å². The van der Waals surface area contributed by atoms with E-state index < -0.39 is 0 Å². The summed E-state index contributed by atoms with van der Waals surface area (Å²) in [4.78, 5) is 7.78. The highest BCUT2D eigenvalue weighted by Gasteiger charge is 2.00. The summed E-state index contributed by atoms with van der Waals surface area (Å²) in [6, 6.07) is 3.97. The van der Waals surface area contributed by atoms with Gasteiger partial charge >= 0.3 is 0 Å². The molecular weight excluding hydrogens is 164 g/mol. The van der Waals surface area contributed by atoms with Crippen LogP contribution in [0.2, 0.25) is 0 Å². The minimum absolute atomic E-state index is 0.362. The van der Waals surface area contributed by atoms with Crippen molar-refractivity contribution >= 4 is 5.82 Å². The molecule has 0 saturated carbocycles. The van der Waals surface area contributed by atoms with Gasteiger partial charge in [0.25, 0.3) is 0 Å². The molecule has 13 heavy (non-hydrogen) atoms. The van der Waals surface area contributed by atoms with Crippen LogP contribution in [0.15, 0.2) is 12.4 Å². The number of aromatic nitrogens is 2. The van der Waals surface area contributed by atoms with E-state index in [2.05, 4.69) is 29.1 Å². The number of rotatable bonds is 3. The summed E-state index contributed by atoms with van der Waals surface area (Å²) in [5.74, 6) is 0.709. The third kappa shape index (κ3) is 2.71. The van der Waals surface area contributed by atoms with Crippen LogP contribution >= 0.6 is 0 Å². The third-order valence-electron chi connectivity index (χ3n) is 1.79. The van der Waals surface area contributed by atoms with E-state index in [4.69, 9.17) is 5.26 Å². The summed E-state index contributed by atoms with van der Waals surface area (Å²) in [5.41, 5.74) is 0.390. The number of anilines is 1. The lowest BCUT2D eigenvalue weighted by atomic mass is 10.2. The van der Waals surface area contributed by atoms with E-state index in [0.717, 1.165) is 6.42 Å². The third-order valence-corrected chi connectivity index (χ3v) is 1.79. The van der Waals surface area contributed by atoms with E-state index in [9.17, 15) is 0 Å². The van der Waals surface area contributed by atoms with E-state index in [1.54, 1.807) is 6.07 Å². The van der Waals surface area contributed by atoms with Crippen molar-refractivity contribution in [1.29, 1.82) is 5.26 Å². The van der Waals surface area contributed by atoms with E-state index in [1.807, 2.05) is 6.07 Å². The number of nitrogens with zero attached hydrogens (tertiary/aromatic N) is 3. The first-order chi connectivity index (χ1) is 6.26. The first-order valence-electron chi connectivity index (χ1n) is 4.25. The fraction of sp³-hybridized carbons (Fsp3) is 0.444. The molecule has 0 fully saturated rings. The molecule has 1 aromatic heterocycles. The van der Waals surface area contributed by atoms with Crippen LogP contribution in [-0.4, -0.2) is 16.0 Å². The predicted octanol–water partition coefficient (Wildman–Crippen LogP) is 1.56. The Bertz CT molecular complexity index is 316. The van der Waals surface area contributed by atoms with Crippen LogP contribution in [0.4, 0.5) is 5.82 Å². The molecule has 4 heteroatoms. The van der Waals surface area contributed by atoms with Crippen molar-refractivity contribution in [2.45, 2.75) is 26.3 Å². The van der Waals surface area contributed by atoms with E-state index in [1.165, 1.54) is 6.33 Å². The van der Waals surface area contributed by atoms with Gasteiger partial charge in [-0.05, 0) is 13.3 Å². The zero-order valence-corrected chi connectivity index (χ0v) is 7.78. The van der Waals surface area contributed by atoms with Crippen molar-refractivity contribution in [3.05, 3.63) is 18.1 Å². The average molecular weight is 176 g/mol. The van der Waals surface area contributed by atoms with E-state index in [0.29, 0.717) is 17.6 Å². The van der Waals surface area contributed by atoms with Crippen molar-refractivity contribution in [2.75, 3.05) is 5.32 Å². The first-order valence-corrected chi connectivity index (χ1v) is 4.25. The Balaban J connectivity index is 2.73. The van der Waals surface area contributed by atoms with Gasteiger partial charge in [0.2, 0.25) is 0 Å². The Hall–Kier alpha value is -1.63. The van der Waals surface area contributed by atoms with Gasteiger partial charge in [-0.1, -0.05) is 6.92 Å². The second kappa shape index (κ2) is 4.41. The van der Waals surface area contributed by atoms with Crippen LogP contribution in [-0.2, 0) is 0 Å². The smallest absolute Gasteiger partial charge is 0.145 e. The Morgan fingerprint density at radius 2 is 2.38 bits per heavy atom. The molecule has 1 N–H and O–H groups in total. The van der Waals surface area contributed by atoms with Crippen molar-refractivity contribution in [3.63, 3.8) is 0 Å². The molecule has 1 aromatic rings. The lowest BCUT2D eigenvalue weighted by Crippen LogP contribution is -2.14. The highest BCUT2D eigenvalue weighted by Crippen LogP contribution is 2.05. The Kier molecular flexibility index (Phi) is 3.21. The van der Waals surface area contributed by atoms with Gasteiger partial charge in [-0.2, -0.15) is 5.26 Å². The minimum Gasteiger partial charge on any atom is -0.367 e. The summed E-state index contributed by atoms with van der Waals surface area (Å²) in [7, 11) is 0. The lowest BCUT2D eigenvalue weighted by molar-refractivity contribution is 0.758.